The van der Waals surface area contributed by atoms with Crippen LogP contribution >= 0.6 is 0 Å². The van der Waals surface area contributed by atoms with Crippen LogP contribution in [0.4, 0.5) is 0 Å². The quantitative estimate of drug-likeness (QED) is 0.649. The van der Waals surface area contributed by atoms with Crippen LogP contribution in [0.15, 0.2) is 41.2 Å². The maximum atomic E-state index is 13.3. The molecule has 9 heteroatoms. The molecule has 2 amide bonds. The minimum absolute atomic E-state index is 0.0359. The van der Waals surface area contributed by atoms with Crippen molar-refractivity contribution in [1.82, 2.24) is 24.9 Å². The molecule has 5 rings (SSSR count). The number of amides is 2. The lowest BCUT2D eigenvalue weighted by atomic mass is 9.76. The van der Waals surface area contributed by atoms with Crippen molar-refractivity contribution < 1.29 is 18.8 Å². The SMILES string of the molecule is Cc1nc(CCN(C)C(=O)C2C3C(=O)N(Cc4cccnc4)C[C@@]34C=C[C@@H]2O4)no1. The fraction of sp³-hybridized carbons (Fsp3) is 0.476. The number of likely N-dealkylation sites (tertiary alicyclic amines) is 1. The summed E-state index contributed by atoms with van der Waals surface area (Å²) in [7, 11) is 1.74. The monoisotopic (exact) mass is 409 g/mol. The number of aromatic nitrogens is 3. The molecular weight excluding hydrogens is 386 g/mol. The van der Waals surface area contributed by atoms with Crippen molar-refractivity contribution in [2.24, 2.45) is 11.8 Å². The van der Waals surface area contributed by atoms with Gasteiger partial charge in [0.05, 0.1) is 24.5 Å². The van der Waals surface area contributed by atoms with Gasteiger partial charge in [-0.25, -0.2) is 0 Å². The highest BCUT2D eigenvalue weighted by Gasteiger charge is 2.67. The molecule has 0 aromatic carbocycles. The number of aryl methyl sites for hydroxylation is 1. The first-order chi connectivity index (χ1) is 14.5. The van der Waals surface area contributed by atoms with Crippen LogP contribution in [0.25, 0.3) is 0 Å². The molecule has 0 aliphatic carbocycles. The maximum absolute atomic E-state index is 13.3. The Kier molecular flexibility index (Phi) is 4.43. The molecule has 30 heavy (non-hydrogen) atoms. The Labute approximate surface area is 173 Å². The third-order valence-electron chi connectivity index (χ3n) is 6.18. The van der Waals surface area contributed by atoms with Crippen molar-refractivity contribution in [1.29, 1.82) is 0 Å². The fourth-order valence-corrected chi connectivity index (χ4v) is 4.78. The number of nitrogens with zero attached hydrogens (tertiary/aromatic N) is 5. The zero-order chi connectivity index (χ0) is 20.9. The van der Waals surface area contributed by atoms with Crippen LogP contribution in [-0.4, -0.2) is 68.6 Å². The number of hydrogen-bond donors (Lipinski definition) is 0. The van der Waals surface area contributed by atoms with E-state index in [2.05, 4.69) is 15.1 Å². The topological polar surface area (TPSA) is 102 Å². The molecular formula is C21H23N5O4. The molecule has 9 nitrogen and oxygen atoms in total. The summed E-state index contributed by atoms with van der Waals surface area (Å²) < 4.78 is 11.2. The summed E-state index contributed by atoms with van der Waals surface area (Å²) in [6, 6.07) is 3.79. The van der Waals surface area contributed by atoms with Gasteiger partial charge in [-0.15, -0.1) is 0 Å². The highest BCUT2D eigenvalue weighted by Crippen LogP contribution is 2.52. The van der Waals surface area contributed by atoms with E-state index in [9.17, 15) is 9.59 Å². The highest BCUT2D eigenvalue weighted by molar-refractivity contribution is 5.93. The Balaban J connectivity index is 1.31. The number of pyridine rings is 1. The normalized spacial score (nSPS) is 28.9. The molecule has 0 N–H and O–H groups in total. The molecule has 3 aliphatic heterocycles. The van der Waals surface area contributed by atoms with Crippen molar-refractivity contribution in [2.45, 2.75) is 31.6 Å². The lowest BCUT2D eigenvalue weighted by Gasteiger charge is -2.27. The fourth-order valence-electron chi connectivity index (χ4n) is 4.78. The Bertz CT molecular complexity index is 1010. The van der Waals surface area contributed by atoms with E-state index in [4.69, 9.17) is 9.26 Å². The van der Waals surface area contributed by atoms with Crippen LogP contribution in [0.1, 0.15) is 17.3 Å². The summed E-state index contributed by atoms with van der Waals surface area (Å²) in [5, 5.41) is 3.87. The molecule has 5 heterocycles. The summed E-state index contributed by atoms with van der Waals surface area (Å²) in [6.45, 7) is 3.08. The summed E-state index contributed by atoms with van der Waals surface area (Å²) in [5.41, 5.74) is 0.242. The van der Waals surface area contributed by atoms with E-state index in [-0.39, 0.29) is 17.9 Å². The van der Waals surface area contributed by atoms with Crippen LogP contribution in [0.2, 0.25) is 0 Å². The third kappa shape index (κ3) is 3.00. The first kappa shape index (κ1) is 18.9. The van der Waals surface area contributed by atoms with Gasteiger partial charge in [-0.2, -0.15) is 4.98 Å². The van der Waals surface area contributed by atoms with Crippen molar-refractivity contribution in [2.75, 3.05) is 20.1 Å². The average Bonchev–Trinajstić information content (AvgIpc) is 3.48. The number of likely N-dealkylation sites (N-methyl/N-ethyl adjacent to an activating group) is 1. The Morgan fingerprint density at radius 2 is 2.30 bits per heavy atom. The predicted octanol–water partition coefficient (Wildman–Crippen LogP) is 0.756. The highest BCUT2D eigenvalue weighted by atomic mass is 16.5. The van der Waals surface area contributed by atoms with Crippen LogP contribution in [-0.2, 0) is 27.3 Å². The lowest BCUT2D eigenvalue weighted by molar-refractivity contribution is -0.142. The van der Waals surface area contributed by atoms with E-state index in [1.54, 1.807) is 36.2 Å². The van der Waals surface area contributed by atoms with Gasteiger partial charge >= 0.3 is 0 Å². The number of carbonyl (C=O) groups excluding carboxylic acids is 2. The van der Waals surface area contributed by atoms with Crippen molar-refractivity contribution in [3.05, 3.63) is 54.0 Å². The van der Waals surface area contributed by atoms with Crippen molar-refractivity contribution in [3.63, 3.8) is 0 Å². The molecule has 0 saturated carbocycles. The zero-order valence-electron chi connectivity index (χ0n) is 16.9. The number of rotatable bonds is 6. The van der Waals surface area contributed by atoms with Crippen LogP contribution < -0.4 is 0 Å². The van der Waals surface area contributed by atoms with Crippen LogP contribution in [0.3, 0.4) is 0 Å². The molecule has 1 spiro atoms. The molecule has 2 bridgehead atoms. The van der Waals surface area contributed by atoms with E-state index in [1.807, 2.05) is 24.3 Å². The molecule has 3 aliphatic rings. The van der Waals surface area contributed by atoms with Gasteiger partial charge in [-0.05, 0) is 11.6 Å². The van der Waals surface area contributed by atoms with E-state index in [0.29, 0.717) is 37.8 Å². The van der Waals surface area contributed by atoms with Gasteiger partial charge in [0.1, 0.15) is 5.60 Å². The average molecular weight is 409 g/mol. The summed E-state index contributed by atoms with van der Waals surface area (Å²) in [4.78, 5) is 38.3. The van der Waals surface area contributed by atoms with Gasteiger partial charge in [0.25, 0.3) is 0 Å². The molecule has 2 aromatic rings. The largest absolute Gasteiger partial charge is 0.360 e. The number of hydrogen-bond acceptors (Lipinski definition) is 7. The molecule has 2 unspecified atom stereocenters. The first-order valence-electron chi connectivity index (χ1n) is 10.1. The smallest absolute Gasteiger partial charge is 0.230 e. The summed E-state index contributed by atoms with van der Waals surface area (Å²) in [6.07, 6.45) is 7.48. The molecule has 2 saturated heterocycles. The number of carbonyl (C=O) groups is 2. The summed E-state index contributed by atoms with van der Waals surface area (Å²) >= 11 is 0. The van der Waals surface area contributed by atoms with Gasteiger partial charge in [0, 0.05) is 45.9 Å². The Morgan fingerprint density at radius 3 is 3.03 bits per heavy atom. The van der Waals surface area contributed by atoms with E-state index < -0.39 is 17.4 Å². The van der Waals surface area contributed by atoms with E-state index in [1.165, 1.54) is 0 Å². The second kappa shape index (κ2) is 7.02. The number of fused-ring (bicyclic) bond motifs is 1. The van der Waals surface area contributed by atoms with E-state index >= 15 is 0 Å². The second-order valence-corrected chi connectivity index (χ2v) is 8.19. The van der Waals surface area contributed by atoms with Gasteiger partial charge in [0.2, 0.25) is 17.7 Å². The molecule has 156 valence electrons. The zero-order valence-corrected chi connectivity index (χ0v) is 16.9. The van der Waals surface area contributed by atoms with Crippen molar-refractivity contribution in [3.8, 4) is 0 Å². The number of ether oxygens (including phenoxy) is 1. The third-order valence-corrected chi connectivity index (χ3v) is 6.18. The Morgan fingerprint density at radius 1 is 1.43 bits per heavy atom. The van der Waals surface area contributed by atoms with E-state index in [0.717, 1.165) is 5.56 Å². The maximum Gasteiger partial charge on any atom is 0.230 e. The minimum Gasteiger partial charge on any atom is -0.360 e. The molecule has 0 radical (unpaired) electrons. The van der Waals surface area contributed by atoms with Gasteiger partial charge in [0.15, 0.2) is 5.82 Å². The van der Waals surface area contributed by atoms with Crippen LogP contribution in [0.5, 0.6) is 0 Å². The van der Waals surface area contributed by atoms with Gasteiger partial charge in [-0.3, -0.25) is 14.6 Å². The standard InChI is InChI=1S/C21H23N5O4/c1-13-23-16(24-30-13)6-9-25(2)19(27)17-15-5-7-21(29-15)12-26(20(28)18(17)21)11-14-4-3-8-22-10-14/h3-5,7-8,10,15,17-18H,6,9,11-12H2,1-2H3/t15-,17?,18?,21-/m0/s1. The first-order valence-corrected chi connectivity index (χ1v) is 10.1. The molecule has 2 fully saturated rings. The predicted molar refractivity (Wildman–Crippen MR) is 104 cm³/mol. The second-order valence-electron chi connectivity index (χ2n) is 8.19. The minimum atomic E-state index is -0.712. The Hall–Kier alpha value is -3.07. The lowest BCUT2D eigenvalue weighted by Crippen LogP contribution is -2.45. The molecule has 2 aromatic heterocycles. The molecule has 4 atom stereocenters. The van der Waals surface area contributed by atoms with Gasteiger partial charge < -0.3 is 19.1 Å². The van der Waals surface area contributed by atoms with Gasteiger partial charge in [-0.1, -0.05) is 23.4 Å². The van der Waals surface area contributed by atoms with Crippen LogP contribution in [0, 0.1) is 18.8 Å². The van der Waals surface area contributed by atoms with Crippen molar-refractivity contribution >= 4 is 11.8 Å². The summed E-state index contributed by atoms with van der Waals surface area (Å²) in [5.74, 6) is -0.0747.